The number of hydrogen-bond donors (Lipinski definition) is 0. The SMILES string of the molecule is Cc1ccc(CSc2nnc3c(n2)OC=Nc2ccccc2-3)cc1. The molecule has 2 aromatic carbocycles. The van der Waals surface area contributed by atoms with E-state index < -0.39 is 0 Å². The Labute approximate surface area is 143 Å². The van der Waals surface area contributed by atoms with Crippen LogP contribution in [0.5, 0.6) is 5.88 Å². The number of ether oxygens (including phenoxy) is 1. The number of thioether (sulfide) groups is 1. The van der Waals surface area contributed by atoms with Gasteiger partial charge in [-0.25, -0.2) is 4.99 Å². The monoisotopic (exact) mass is 334 g/mol. The minimum Gasteiger partial charge on any atom is -0.425 e. The Morgan fingerprint density at radius 1 is 1.00 bits per heavy atom. The van der Waals surface area contributed by atoms with Gasteiger partial charge in [0.15, 0.2) is 12.1 Å². The van der Waals surface area contributed by atoms with Crippen LogP contribution >= 0.6 is 11.8 Å². The lowest BCUT2D eigenvalue weighted by Gasteiger charge is -2.06. The summed E-state index contributed by atoms with van der Waals surface area (Å²) in [5.41, 5.74) is 4.75. The van der Waals surface area contributed by atoms with Crippen molar-refractivity contribution in [3.05, 3.63) is 59.7 Å². The topological polar surface area (TPSA) is 60.3 Å². The van der Waals surface area contributed by atoms with E-state index in [9.17, 15) is 0 Å². The van der Waals surface area contributed by atoms with Gasteiger partial charge >= 0.3 is 0 Å². The van der Waals surface area contributed by atoms with Crippen LogP contribution in [-0.2, 0) is 5.75 Å². The summed E-state index contributed by atoms with van der Waals surface area (Å²) in [6.45, 7) is 2.08. The molecule has 1 aromatic heterocycles. The summed E-state index contributed by atoms with van der Waals surface area (Å²) in [6.07, 6.45) is 1.40. The van der Waals surface area contributed by atoms with Gasteiger partial charge < -0.3 is 4.74 Å². The number of para-hydroxylation sites is 1. The molecule has 1 aliphatic heterocycles. The van der Waals surface area contributed by atoms with E-state index in [4.69, 9.17) is 4.74 Å². The first-order valence-electron chi connectivity index (χ1n) is 7.51. The van der Waals surface area contributed by atoms with Crippen molar-refractivity contribution in [3.63, 3.8) is 0 Å². The molecule has 0 amide bonds. The van der Waals surface area contributed by atoms with Crippen LogP contribution in [0.4, 0.5) is 5.69 Å². The largest absolute Gasteiger partial charge is 0.425 e. The Hall–Kier alpha value is -2.73. The molecule has 0 saturated heterocycles. The first kappa shape index (κ1) is 14.8. The predicted molar refractivity (Wildman–Crippen MR) is 94.8 cm³/mol. The van der Waals surface area contributed by atoms with Crippen LogP contribution in [0.25, 0.3) is 11.3 Å². The molecular formula is C18H14N4OS. The van der Waals surface area contributed by atoms with E-state index in [-0.39, 0.29) is 0 Å². The standard InChI is InChI=1S/C18H14N4OS/c1-12-6-8-13(9-7-12)10-24-18-20-17-16(21-22-18)14-4-2-3-5-15(14)19-11-23-17/h2-9,11H,10H2,1H3. The third kappa shape index (κ3) is 3.00. The second kappa shape index (κ2) is 6.41. The van der Waals surface area contributed by atoms with Crippen molar-refractivity contribution in [1.29, 1.82) is 0 Å². The lowest BCUT2D eigenvalue weighted by molar-refractivity contribution is 0.533. The second-order valence-electron chi connectivity index (χ2n) is 5.39. The molecule has 0 spiro atoms. The van der Waals surface area contributed by atoms with E-state index in [1.54, 1.807) is 0 Å². The van der Waals surface area contributed by atoms with Gasteiger partial charge in [-0.3, -0.25) is 0 Å². The number of aliphatic imine (C=N–C) groups is 1. The van der Waals surface area contributed by atoms with Crippen LogP contribution in [0.2, 0.25) is 0 Å². The van der Waals surface area contributed by atoms with E-state index in [0.29, 0.717) is 16.7 Å². The van der Waals surface area contributed by atoms with Crippen molar-refractivity contribution in [1.82, 2.24) is 15.2 Å². The lowest BCUT2D eigenvalue weighted by atomic mass is 10.1. The molecule has 0 aliphatic carbocycles. The zero-order valence-electron chi connectivity index (χ0n) is 13.0. The molecule has 4 rings (SSSR count). The number of nitrogens with zero attached hydrogens (tertiary/aromatic N) is 4. The van der Waals surface area contributed by atoms with Crippen LogP contribution in [0.15, 0.2) is 58.7 Å². The van der Waals surface area contributed by atoms with E-state index in [2.05, 4.69) is 51.4 Å². The molecule has 24 heavy (non-hydrogen) atoms. The summed E-state index contributed by atoms with van der Waals surface area (Å²) >= 11 is 1.53. The van der Waals surface area contributed by atoms with E-state index in [1.807, 2.05) is 24.3 Å². The summed E-state index contributed by atoms with van der Waals surface area (Å²) < 4.78 is 5.52. The molecule has 0 N–H and O–H groups in total. The maximum absolute atomic E-state index is 5.52. The van der Waals surface area contributed by atoms with Crippen LogP contribution in [0.3, 0.4) is 0 Å². The van der Waals surface area contributed by atoms with Crippen molar-refractivity contribution in [2.75, 3.05) is 0 Å². The van der Waals surface area contributed by atoms with Crippen LogP contribution in [0.1, 0.15) is 11.1 Å². The average molecular weight is 334 g/mol. The van der Waals surface area contributed by atoms with Gasteiger partial charge in [0.05, 0.1) is 5.69 Å². The van der Waals surface area contributed by atoms with Gasteiger partial charge in [-0.1, -0.05) is 59.8 Å². The first-order chi connectivity index (χ1) is 11.8. The molecule has 0 saturated carbocycles. The Kier molecular flexibility index (Phi) is 3.96. The van der Waals surface area contributed by atoms with E-state index in [1.165, 1.54) is 29.3 Å². The molecule has 0 radical (unpaired) electrons. The molecule has 5 nitrogen and oxygen atoms in total. The second-order valence-corrected chi connectivity index (χ2v) is 6.33. The van der Waals surface area contributed by atoms with Crippen molar-refractivity contribution in [2.45, 2.75) is 17.8 Å². The minimum absolute atomic E-state index is 0.435. The highest BCUT2D eigenvalue weighted by atomic mass is 32.2. The molecule has 3 aromatic rings. The van der Waals surface area contributed by atoms with Gasteiger partial charge in [-0.15, -0.1) is 10.2 Å². The maximum atomic E-state index is 5.52. The summed E-state index contributed by atoms with van der Waals surface area (Å²) in [4.78, 5) is 8.75. The minimum atomic E-state index is 0.435. The van der Waals surface area contributed by atoms with E-state index in [0.717, 1.165) is 17.0 Å². The Bertz CT molecular complexity index is 909. The van der Waals surface area contributed by atoms with Gasteiger partial charge in [-0.2, -0.15) is 4.98 Å². The molecule has 0 atom stereocenters. The molecule has 1 aliphatic rings. The third-order valence-corrected chi connectivity index (χ3v) is 4.55. The molecule has 118 valence electrons. The summed E-state index contributed by atoms with van der Waals surface area (Å²) in [6, 6.07) is 16.1. The van der Waals surface area contributed by atoms with Crippen molar-refractivity contribution < 1.29 is 4.74 Å². The predicted octanol–water partition coefficient (Wildman–Crippen LogP) is 4.19. The number of aryl methyl sites for hydroxylation is 1. The normalized spacial score (nSPS) is 12.0. The Balaban J connectivity index is 1.59. The molecule has 0 unspecified atom stereocenters. The molecule has 2 heterocycles. The van der Waals surface area contributed by atoms with Gasteiger partial charge in [0, 0.05) is 11.3 Å². The van der Waals surface area contributed by atoms with Gasteiger partial charge in [0.2, 0.25) is 5.16 Å². The fraction of sp³-hybridized carbons (Fsp3) is 0.111. The van der Waals surface area contributed by atoms with Crippen LogP contribution < -0.4 is 4.74 Å². The number of aromatic nitrogens is 3. The Morgan fingerprint density at radius 3 is 2.71 bits per heavy atom. The number of hydrogen-bond acceptors (Lipinski definition) is 6. The van der Waals surface area contributed by atoms with Crippen molar-refractivity contribution >= 4 is 23.8 Å². The zero-order valence-corrected chi connectivity index (χ0v) is 13.8. The van der Waals surface area contributed by atoms with E-state index >= 15 is 0 Å². The third-order valence-electron chi connectivity index (χ3n) is 3.64. The highest BCUT2D eigenvalue weighted by Crippen LogP contribution is 2.35. The van der Waals surface area contributed by atoms with Gasteiger partial charge in [0.25, 0.3) is 5.88 Å². The summed E-state index contributed by atoms with van der Waals surface area (Å²) in [7, 11) is 0. The molecule has 0 bridgehead atoms. The quantitative estimate of drug-likeness (QED) is 0.672. The summed E-state index contributed by atoms with van der Waals surface area (Å²) in [5, 5.41) is 9.13. The fourth-order valence-electron chi connectivity index (χ4n) is 2.36. The molecule has 6 heteroatoms. The van der Waals surface area contributed by atoms with Crippen molar-refractivity contribution in [2.24, 2.45) is 4.99 Å². The van der Waals surface area contributed by atoms with Crippen LogP contribution in [0, 0.1) is 6.92 Å². The molecular weight excluding hydrogens is 320 g/mol. The number of rotatable bonds is 3. The fourth-order valence-corrected chi connectivity index (χ4v) is 3.10. The zero-order chi connectivity index (χ0) is 16.4. The smallest absolute Gasteiger partial charge is 0.251 e. The maximum Gasteiger partial charge on any atom is 0.251 e. The van der Waals surface area contributed by atoms with Crippen LogP contribution in [-0.4, -0.2) is 21.6 Å². The number of fused-ring (bicyclic) bond motifs is 3. The highest BCUT2D eigenvalue weighted by Gasteiger charge is 2.18. The Morgan fingerprint density at radius 2 is 1.83 bits per heavy atom. The van der Waals surface area contributed by atoms with Crippen molar-refractivity contribution in [3.8, 4) is 17.1 Å². The lowest BCUT2D eigenvalue weighted by Crippen LogP contribution is -2.00. The number of benzene rings is 2. The molecule has 0 fully saturated rings. The summed E-state index contributed by atoms with van der Waals surface area (Å²) in [5.74, 6) is 1.22. The average Bonchev–Trinajstić information content (AvgIpc) is 2.80. The first-order valence-corrected chi connectivity index (χ1v) is 8.50. The van der Waals surface area contributed by atoms with Gasteiger partial charge in [-0.05, 0) is 18.6 Å². The van der Waals surface area contributed by atoms with Gasteiger partial charge in [0.1, 0.15) is 0 Å². The highest BCUT2D eigenvalue weighted by molar-refractivity contribution is 7.98.